The van der Waals surface area contributed by atoms with E-state index in [9.17, 15) is 15.0 Å². The van der Waals surface area contributed by atoms with E-state index in [1.54, 1.807) is 0 Å². The van der Waals surface area contributed by atoms with Crippen molar-refractivity contribution in [2.45, 2.75) is 19.4 Å². The van der Waals surface area contributed by atoms with Crippen molar-refractivity contribution >= 4 is 5.91 Å². The first-order valence-electron chi connectivity index (χ1n) is 6.17. The van der Waals surface area contributed by atoms with Crippen LogP contribution in [0.3, 0.4) is 0 Å². The second kappa shape index (κ2) is 5.46. The molecule has 6 nitrogen and oxygen atoms in total. The van der Waals surface area contributed by atoms with Crippen LogP contribution in [-0.4, -0.2) is 51.0 Å². The number of hydrogen-bond acceptors (Lipinski definition) is 5. The highest BCUT2D eigenvalue weighted by Gasteiger charge is 2.31. The quantitative estimate of drug-likeness (QED) is 0.600. The van der Waals surface area contributed by atoms with E-state index in [2.05, 4.69) is 0 Å². The molecule has 0 spiro atoms. The smallest absolute Gasteiger partial charge is 0.254 e. The van der Waals surface area contributed by atoms with Crippen molar-refractivity contribution in [2.75, 3.05) is 19.8 Å². The van der Waals surface area contributed by atoms with Gasteiger partial charge in [-0.15, -0.1) is 0 Å². The zero-order valence-corrected chi connectivity index (χ0v) is 10.5. The van der Waals surface area contributed by atoms with Crippen molar-refractivity contribution in [3.05, 3.63) is 22.8 Å². The maximum Gasteiger partial charge on any atom is 0.254 e. The monoisotopic (exact) mass is 267 g/mol. The normalized spacial score (nSPS) is 14.0. The van der Waals surface area contributed by atoms with Crippen LogP contribution in [0.25, 0.3) is 0 Å². The van der Waals surface area contributed by atoms with E-state index in [4.69, 9.17) is 10.2 Å². The number of phenols is 2. The molecule has 0 atom stereocenters. The summed E-state index contributed by atoms with van der Waals surface area (Å²) in [6.07, 6.45) is 0.768. The summed E-state index contributed by atoms with van der Waals surface area (Å²) >= 11 is 0. The van der Waals surface area contributed by atoms with Gasteiger partial charge in [0.2, 0.25) is 0 Å². The van der Waals surface area contributed by atoms with E-state index in [1.165, 1.54) is 11.0 Å². The van der Waals surface area contributed by atoms with Crippen LogP contribution < -0.4 is 0 Å². The van der Waals surface area contributed by atoms with E-state index in [0.717, 1.165) is 0 Å². The van der Waals surface area contributed by atoms with E-state index >= 15 is 0 Å². The van der Waals surface area contributed by atoms with Crippen molar-refractivity contribution in [2.24, 2.45) is 0 Å². The van der Waals surface area contributed by atoms with Crippen molar-refractivity contribution in [1.29, 1.82) is 0 Å². The number of carbonyl (C=O) groups is 1. The number of aliphatic hydroxyl groups is 2. The summed E-state index contributed by atoms with van der Waals surface area (Å²) in [5.74, 6) is -0.524. The van der Waals surface area contributed by atoms with E-state index in [-0.39, 0.29) is 49.3 Å². The third kappa shape index (κ3) is 2.36. The molecular formula is C13H17NO5. The Morgan fingerprint density at radius 2 is 1.95 bits per heavy atom. The van der Waals surface area contributed by atoms with Crippen LogP contribution in [0.15, 0.2) is 6.07 Å². The summed E-state index contributed by atoms with van der Waals surface area (Å²) < 4.78 is 0. The van der Waals surface area contributed by atoms with E-state index < -0.39 is 0 Å². The minimum absolute atomic E-state index is 0.0362. The van der Waals surface area contributed by atoms with Gasteiger partial charge in [0, 0.05) is 24.3 Å². The van der Waals surface area contributed by atoms with Gasteiger partial charge in [-0.2, -0.15) is 0 Å². The molecular weight excluding hydrogens is 250 g/mol. The third-order valence-electron chi connectivity index (χ3n) is 3.31. The molecule has 0 fully saturated rings. The first kappa shape index (κ1) is 13.6. The Hall–Kier alpha value is -1.79. The van der Waals surface area contributed by atoms with Crippen LogP contribution in [0, 0.1) is 0 Å². The standard InChI is InChI=1S/C13H17NO5/c15-4-1-2-8-11(17)6-9-10(12(8)18)7-14(3-5-16)13(9)19/h6,15-18H,1-5,7H2. The number of rotatable bonds is 5. The van der Waals surface area contributed by atoms with Gasteiger partial charge in [0.1, 0.15) is 11.5 Å². The molecule has 0 radical (unpaired) electrons. The molecule has 0 saturated carbocycles. The van der Waals surface area contributed by atoms with Crippen LogP contribution in [0.5, 0.6) is 11.5 Å². The number of hydrogen-bond donors (Lipinski definition) is 4. The molecule has 0 bridgehead atoms. The number of benzene rings is 1. The Balaban J connectivity index is 2.37. The molecule has 0 saturated heterocycles. The summed E-state index contributed by atoms with van der Waals surface area (Å²) in [5, 5.41) is 37.7. The predicted octanol–water partition coefficient (Wildman–Crippen LogP) is -0.0292. The number of fused-ring (bicyclic) bond motifs is 1. The summed E-state index contributed by atoms with van der Waals surface area (Å²) in [4.78, 5) is 13.4. The molecule has 6 heteroatoms. The lowest BCUT2D eigenvalue weighted by molar-refractivity contribution is 0.0745. The van der Waals surface area contributed by atoms with E-state index in [0.29, 0.717) is 24.0 Å². The molecule has 1 amide bonds. The maximum atomic E-state index is 12.0. The minimum Gasteiger partial charge on any atom is -0.508 e. The number of nitrogens with zero attached hydrogens (tertiary/aromatic N) is 1. The van der Waals surface area contributed by atoms with Gasteiger partial charge < -0.3 is 25.3 Å². The van der Waals surface area contributed by atoms with Gasteiger partial charge in [-0.25, -0.2) is 0 Å². The highest BCUT2D eigenvalue weighted by atomic mass is 16.3. The van der Waals surface area contributed by atoms with Crippen LogP contribution >= 0.6 is 0 Å². The SMILES string of the molecule is O=C1c2cc(O)c(CCCO)c(O)c2CN1CCO. The lowest BCUT2D eigenvalue weighted by Gasteiger charge is -2.13. The molecule has 0 aliphatic carbocycles. The predicted molar refractivity (Wildman–Crippen MR) is 67.0 cm³/mol. The largest absolute Gasteiger partial charge is 0.508 e. The molecule has 4 N–H and O–H groups in total. The van der Waals surface area contributed by atoms with Gasteiger partial charge in [0.15, 0.2) is 0 Å². The molecule has 1 aromatic rings. The fourth-order valence-corrected chi connectivity index (χ4v) is 2.33. The molecule has 104 valence electrons. The van der Waals surface area contributed by atoms with Crippen LogP contribution in [0.4, 0.5) is 0 Å². The number of β-amino-alcohol motifs (C(OH)–C–C–N with tert-alkyl or cyclic N) is 1. The van der Waals surface area contributed by atoms with Crippen molar-refractivity contribution in [3.63, 3.8) is 0 Å². The van der Waals surface area contributed by atoms with Gasteiger partial charge >= 0.3 is 0 Å². The van der Waals surface area contributed by atoms with Crippen molar-refractivity contribution < 1.29 is 25.2 Å². The Bertz CT molecular complexity index is 500. The Morgan fingerprint density at radius 3 is 2.58 bits per heavy atom. The molecule has 0 aromatic heterocycles. The Morgan fingerprint density at radius 1 is 1.21 bits per heavy atom. The van der Waals surface area contributed by atoms with Gasteiger partial charge in [0.25, 0.3) is 5.91 Å². The summed E-state index contributed by atoms with van der Waals surface area (Å²) in [5.41, 5.74) is 1.10. The summed E-state index contributed by atoms with van der Waals surface area (Å²) in [6, 6.07) is 1.35. The minimum atomic E-state index is -0.302. The first-order chi connectivity index (χ1) is 9.10. The molecule has 1 heterocycles. The number of aliphatic hydroxyl groups excluding tert-OH is 2. The highest BCUT2D eigenvalue weighted by Crippen LogP contribution is 2.38. The number of amides is 1. The molecule has 2 rings (SSSR count). The number of phenolic OH excluding ortho intramolecular Hbond substituents is 2. The van der Waals surface area contributed by atoms with Crippen molar-refractivity contribution in [3.8, 4) is 11.5 Å². The van der Waals surface area contributed by atoms with Gasteiger partial charge in [0.05, 0.1) is 18.7 Å². The Labute approximate surface area is 110 Å². The fraction of sp³-hybridized carbons (Fsp3) is 0.462. The molecule has 1 aromatic carbocycles. The number of aromatic hydroxyl groups is 2. The first-order valence-corrected chi connectivity index (χ1v) is 6.17. The van der Waals surface area contributed by atoms with Crippen molar-refractivity contribution in [1.82, 2.24) is 4.90 Å². The second-order valence-corrected chi connectivity index (χ2v) is 4.53. The summed E-state index contributed by atoms with van der Waals surface area (Å²) in [6.45, 7) is 0.238. The second-order valence-electron chi connectivity index (χ2n) is 4.53. The van der Waals surface area contributed by atoms with Crippen LogP contribution in [-0.2, 0) is 13.0 Å². The van der Waals surface area contributed by atoms with Gasteiger partial charge in [-0.05, 0) is 18.9 Å². The zero-order valence-electron chi connectivity index (χ0n) is 10.5. The zero-order chi connectivity index (χ0) is 14.0. The lowest BCUT2D eigenvalue weighted by atomic mass is 10.00. The highest BCUT2D eigenvalue weighted by molar-refractivity contribution is 5.99. The van der Waals surface area contributed by atoms with Crippen LogP contribution in [0.1, 0.15) is 27.9 Å². The summed E-state index contributed by atoms with van der Waals surface area (Å²) in [7, 11) is 0. The molecule has 0 unspecified atom stereocenters. The lowest BCUT2D eigenvalue weighted by Crippen LogP contribution is -2.26. The average Bonchev–Trinajstić information content (AvgIpc) is 2.68. The van der Waals surface area contributed by atoms with E-state index in [1.807, 2.05) is 0 Å². The maximum absolute atomic E-state index is 12.0. The fourth-order valence-electron chi connectivity index (χ4n) is 2.33. The Kier molecular flexibility index (Phi) is 3.92. The van der Waals surface area contributed by atoms with Gasteiger partial charge in [-0.3, -0.25) is 4.79 Å². The van der Waals surface area contributed by atoms with Crippen LogP contribution in [0.2, 0.25) is 0 Å². The third-order valence-corrected chi connectivity index (χ3v) is 3.31. The molecule has 1 aliphatic heterocycles. The topological polar surface area (TPSA) is 101 Å². The average molecular weight is 267 g/mol. The molecule has 1 aliphatic rings. The number of carbonyl (C=O) groups excluding carboxylic acids is 1. The van der Waals surface area contributed by atoms with Gasteiger partial charge in [-0.1, -0.05) is 0 Å². The molecule has 19 heavy (non-hydrogen) atoms.